The Bertz CT molecular complexity index is 496. The van der Waals surface area contributed by atoms with Gasteiger partial charge in [0, 0.05) is 17.5 Å². The number of carbonyl (C=O) groups is 1. The van der Waals surface area contributed by atoms with Crippen molar-refractivity contribution >= 4 is 11.8 Å². The largest absolute Gasteiger partial charge is 0.320 e. The molecular weight excluding hydrogens is 186 g/mol. The maximum atomic E-state index is 11.0. The molecule has 15 heavy (non-hydrogen) atoms. The Labute approximate surface area is 89.5 Å². The molecule has 0 saturated heterocycles. The van der Waals surface area contributed by atoms with Crippen LogP contribution in [0.2, 0.25) is 0 Å². The number of rotatable bonds is 3. The van der Waals surface area contributed by atoms with E-state index < -0.39 is 0 Å². The Kier molecular flexibility index (Phi) is 2.58. The second kappa shape index (κ2) is 3.89. The van der Waals surface area contributed by atoms with Crippen molar-refractivity contribution < 1.29 is 4.79 Å². The highest BCUT2D eigenvalue weighted by atomic mass is 16.1. The zero-order valence-electron chi connectivity index (χ0n) is 9.16. The summed E-state index contributed by atoms with van der Waals surface area (Å²) < 4.78 is 2.13. The first-order valence-corrected chi connectivity index (χ1v) is 5.33. The standard InChI is InChI=1S/C13H15NO/c1-3-6-12-10(2)11(9-15)13-7-4-5-8-14(12)13/h4-5,7-9H,3,6H2,1-2H3. The van der Waals surface area contributed by atoms with Crippen molar-refractivity contribution in [2.45, 2.75) is 26.7 Å². The normalized spacial score (nSPS) is 10.8. The zero-order chi connectivity index (χ0) is 10.8. The first-order valence-electron chi connectivity index (χ1n) is 5.33. The highest BCUT2D eigenvalue weighted by Crippen LogP contribution is 2.22. The zero-order valence-corrected chi connectivity index (χ0v) is 9.16. The van der Waals surface area contributed by atoms with E-state index in [2.05, 4.69) is 11.3 Å². The molecule has 0 aliphatic heterocycles. The number of carbonyl (C=O) groups excluding carboxylic acids is 1. The molecule has 0 spiro atoms. The van der Waals surface area contributed by atoms with E-state index in [-0.39, 0.29) is 0 Å². The van der Waals surface area contributed by atoms with Crippen molar-refractivity contribution in [3.8, 4) is 0 Å². The summed E-state index contributed by atoms with van der Waals surface area (Å²) in [4.78, 5) is 11.0. The van der Waals surface area contributed by atoms with Gasteiger partial charge < -0.3 is 4.40 Å². The minimum atomic E-state index is 0.832. The lowest BCUT2D eigenvalue weighted by Crippen LogP contribution is -1.92. The van der Waals surface area contributed by atoms with E-state index in [4.69, 9.17) is 0 Å². The van der Waals surface area contributed by atoms with Crippen LogP contribution in [0.15, 0.2) is 24.4 Å². The summed E-state index contributed by atoms with van der Waals surface area (Å²) in [5.74, 6) is 0. The lowest BCUT2D eigenvalue weighted by atomic mass is 10.1. The molecule has 78 valence electrons. The SMILES string of the molecule is CCCc1c(C)c(C=O)c2ccccn12. The molecule has 2 nitrogen and oxygen atoms in total. The van der Waals surface area contributed by atoms with Crippen molar-refractivity contribution in [2.75, 3.05) is 0 Å². The van der Waals surface area contributed by atoms with E-state index in [0.717, 1.165) is 35.8 Å². The van der Waals surface area contributed by atoms with Crippen LogP contribution in [-0.4, -0.2) is 10.7 Å². The summed E-state index contributed by atoms with van der Waals surface area (Å²) in [5.41, 5.74) is 4.24. The average molecular weight is 201 g/mol. The second-order valence-electron chi connectivity index (χ2n) is 3.81. The number of aldehydes is 1. The molecule has 0 aromatic carbocycles. The molecule has 2 heteroatoms. The third kappa shape index (κ3) is 1.46. The van der Waals surface area contributed by atoms with Crippen molar-refractivity contribution in [3.05, 3.63) is 41.2 Å². The van der Waals surface area contributed by atoms with Crippen LogP contribution in [0, 0.1) is 6.92 Å². The predicted molar refractivity (Wildman–Crippen MR) is 61.5 cm³/mol. The van der Waals surface area contributed by atoms with Gasteiger partial charge in [-0.25, -0.2) is 0 Å². The van der Waals surface area contributed by atoms with Gasteiger partial charge in [0.25, 0.3) is 0 Å². The molecule has 2 aromatic rings. The Morgan fingerprint density at radius 1 is 1.40 bits per heavy atom. The third-order valence-electron chi connectivity index (χ3n) is 2.87. The van der Waals surface area contributed by atoms with Gasteiger partial charge in [0.15, 0.2) is 6.29 Å². The van der Waals surface area contributed by atoms with E-state index >= 15 is 0 Å². The number of aryl methyl sites for hydroxylation is 1. The van der Waals surface area contributed by atoms with Gasteiger partial charge in [-0.1, -0.05) is 19.4 Å². The van der Waals surface area contributed by atoms with Gasteiger partial charge in [-0.3, -0.25) is 4.79 Å². The van der Waals surface area contributed by atoms with Crippen LogP contribution in [0.25, 0.3) is 5.52 Å². The molecule has 2 aromatic heterocycles. The van der Waals surface area contributed by atoms with Crippen LogP contribution < -0.4 is 0 Å². The quantitative estimate of drug-likeness (QED) is 0.699. The van der Waals surface area contributed by atoms with Crippen molar-refractivity contribution in [2.24, 2.45) is 0 Å². The topological polar surface area (TPSA) is 21.5 Å². The average Bonchev–Trinajstić information content (AvgIpc) is 2.53. The fourth-order valence-corrected chi connectivity index (χ4v) is 2.12. The summed E-state index contributed by atoms with van der Waals surface area (Å²) in [6.07, 6.45) is 5.11. The fourth-order valence-electron chi connectivity index (χ4n) is 2.12. The van der Waals surface area contributed by atoms with Gasteiger partial charge in [0.1, 0.15) is 0 Å². The lowest BCUT2D eigenvalue weighted by molar-refractivity contribution is 0.112. The highest BCUT2D eigenvalue weighted by molar-refractivity contribution is 5.89. The lowest BCUT2D eigenvalue weighted by Gasteiger charge is -2.01. The molecule has 0 aliphatic rings. The summed E-state index contributed by atoms with van der Waals surface area (Å²) >= 11 is 0. The molecule has 0 fully saturated rings. The smallest absolute Gasteiger partial charge is 0.152 e. The molecule has 0 unspecified atom stereocenters. The Hall–Kier alpha value is -1.57. The predicted octanol–water partition coefficient (Wildman–Crippen LogP) is 3.01. The van der Waals surface area contributed by atoms with Crippen LogP contribution >= 0.6 is 0 Å². The first kappa shape index (κ1) is 9.97. The molecular formula is C13H15NO. The minimum Gasteiger partial charge on any atom is -0.320 e. The van der Waals surface area contributed by atoms with Gasteiger partial charge in [-0.05, 0) is 31.0 Å². The summed E-state index contributed by atoms with van der Waals surface area (Å²) in [6, 6.07) is 5.97. The monoisotopic (exact) mass is 201 g/mol. The van der Waals surface area contributed by atoms with E-state index in [1.807, 2.05) is 31.3 Å². The molecule has 0 bridgehead atoms. The maximum absolute atomic E-state index is 11.0. The van der Waals surface area contributed by atoms with Gasteiger partial charge in [-0.15, -0.1) is 0 Å². The molecule has 0 aliphatic carbocycles. The van der Waals surface area contributed by atoms with E-state index in [0.29, 0.717) is 0 Å². The van der Waals surface area contributed by atoms with Crippen LogP contribution in [0.3, 0.4) is 0 Å². The summed E-state index contributed by atoms with van der Waals surface area (Å²) in [5, 5.41) is 0. The number of pyridine rings is 1. The summed E-state index contributed by atoms with van der Waals surface area (Å²) in [6.45, 7) is 4.18. The van der Waals surface area contributed by atoms with Crippen LogP contribution in [0.5, 0.6) is 0 Å². The number of fused-ring (bicyclic) bond motifs is 1. The molecule has 0 atom stereocenters. The molecule has 0 saturated carbocycles. The van der Waals surface area contributed by atoms with Gasteiger partial charge in [0.05, 0.1) is 5.52 Å². The third-order valence-corrected chi connectivity index (χ3v) is 2.87. The maximum Gasteiger partial charge on any atom is 0.152 e. The fraction of sp³-hybridized carbons (Fsp3) is 0.308. The number of hydrogen-bond acceptors (Lipinski definition) is 1. The van der Waals surface area contributed by atoms with Gasteiger partial charge >= 0.3 is 0 Å². The second-order valence-corrected chi connectivity index (χ2v) is 3.81. The van der Waals surface area contributed by atoms with Gasteiger partial charge in [-0.2, -0.15) is 0 Å². The molecule has 0 radical (unpaired) electrons. The van der Waals surface area contributed by atoms with Crippen LogP contribution in [0.4, 0.5) is 0 Å². The van der Waals surface area contributed by atoms with Crippen molar-refractivity contribution in [1.82, 2.24) is 4.40 Å². The Morgan fingerprint density at radius 2 is 2.20 bits per heavy atom. The van der Waals surface area contributed by atoms with E-state index in [1.165, 1.54) is 5.69 Å². The van der Waals surface area contributed by atoms with Crippen LogP contribution in [0.1, 0.15) is 35.0 Å². The molecule has 0 amide bonds. The number of nitrogens with zero attached hydrogens (tertiary/aromatic N) is 1. The van der Waals surface area contributed by atoms with E-state index in [9.17, 15) is 4.79 Å². The van der Waals surface area contributed by atoms with E-state index in [1.54, 1.807) is 0 Å². The molecule has 2 rings (SSSR count). The summed E-state index contributed by atoms with van der Waals surface area (Å²) in [7, 11) is 0. The number of aromatic nitrogens is 1. The molecule has 2 heterocycles. The minimum absolute atomic E-state index is 0.832. The Balaban J connectivity index is 2.78. The highest BCUT2D eigenvalue weighted by Gasteiger charge is 2.12. The van der Waals surface area contributed by atoms with Gasteiger partial charge in [0.2, 0.25) is 0 Å². The molecule has 0 N–H and O–H groups in total. The van der Waals surface area contributed by atoms with Crippen molar-refractivity contribution in [3.63, 3.8) is 0 Å². The first-order chi connectivity index (χ1) is 7.29. The van der Waals surface area contributed by atoms with Crippen molar-refractivity contribution in [1.29, 1.82) is 0 Å². The Morgan fingerprint density at radius 3 is 2.87 bits per heavy atom. The van der Waals surface area contributed by atoms with Crippen LogP contribution in [-0.2, 0) is 6.42 Å². The number of hydrogen-bond donors (Lipinski definition) is 0.